The van der Waals surface area contributed by atoms with Gasteiger partial charge < -0.3 is 10.1 Å². The van der Waals surface area contributed by atoms with Gasteiger partial charge in [0.1, 0.15) is 5.75 Å². The number of benzene rings is 2. The highest BCUT2D eigenvalue weighted by atomic mass is 16.5. The first kappa shape index (κ1) is 16.6. The molecule has 0 bridgehead atoms. The minimum Gasteiger partial charge on any atom is -0.481 e. The third-order valence-electron chi connectivity index (χ3n) is 4.58. The van der Waals surface area contributed by atoms with Crippen molar-refractivity contribution in [2.75, 3.05) is 5.32 Å². The molecule has 0 spiro atoms. The largest absolute Gasteiger partial charge is 0.481 e. The van der Waals surface area contributed by atoms with Crippen LogP contribution >= 0.6 is 0 Å². The molecule has 3 rings (SSSR count). The second kappa shape index (κ2) is 7.52. The molecule has 0 heterocycles. The van der Waals surface area contributed by atoms with Crippen LogP contribution in [0, 0.1) is 6.92 Å². The van der Waals surface area contributed by atoms with Crippen molar-refractivity contribution < 1.29 is 9.53 Å². The molecule has 24 heavy (non-hydrogen) atoms. The summed E-state index contributed by atoms with van der Waals surface area (Å²) in [6, 6.07) is 14.1. The predicted octanol–water partition coefficient (Wildman–Crippen LogP) is 4.67. The molecule has 0 saturated carbocycles. The van der Waals surface area contributed by atoms with Crippen molar-refractivity contribution in [3.8, 4) is 5.75 Å². The van der Waals surface area contributed by atoms with Crippen LogP contribution in [-0.4, -0.2) is 12.0 Å². The third kappa shape index (κ3) is 3.97. The van der Waals surface area contributed by atoms with E-state index in [9.17, 15) is 4.79 Å². The summed E-state index contributed by atoms with van der Waals surface area (Å²) in [6.45, 7) is 4.00. The fourth-order valence-corrected chi connectivity index (χ4v) is 3.13. The number of hydrogen-bond acceptors (Lipinski definition) is 2. The van der Waals surface area contributed by atoms with Crippen LogP contribution < -0.4 is 10.1 Å². The Hall–Kier alpha value is -2.29. The summed E-state index contributed by atoms with van der Waals surface area (Å²) in [7, 11) is 0. The first-order chi connectivity index (χ1) is 11.7. The van der Waals surface area contributed by atoms with E-state index in [2.05, 4.69) is 17.4 Å². The number of nitrogens with one attached hydrogen (secondary N) is 1. The number of anilines is 1. The molecular formula is C21H25NO2. The van der Waals surface area contributed by atoms with Gasteiger partial charge in [-0.25, -0.2) is 0 Å². The Morgan fingerprint density at radius 3 is 2.50 bits per heavy atom. The lowest BCUT2D eigenvalue weighted by Crippen LogP contribution is -2.32. The molecule has 1 aliphatic rings. The van der Waals surface area contributed by atoms with Crippen LogP contribution in [0.4, 0.5) is 5.69 Å². The maximum atomic E-state index is 12.5. The fourth-order valence-electron chi connectivity index (χ4n) is 3.13. The summed E-state index contributed by atoms with van der Waals surface area (Å²) >= 11 is 0. The Bertz CT molecular complexity index is 706. The number of rotatable bonds is 5. The van der Waals surface area contributed by atoms with E-state index in [4.69, 9.17) is 4.74 Å². The fraction of sp³-hybridized carbons (Fsp3) is 0.381. The van der Waals surface area contributed by atoms with Crippen LogP contribution in [0.5, 0.6) is 5.75 Å². The third-order valence-corrected chi connectivity index (χ3v) is 4.58. The minimum absolute atomic E-state index is 0.0981. The summed E-state index contributed by atoms with van der Waals surface area (Å²) in [6.07, 6.45) is 4.92. The van der Waals surface area contributed by atoms with Crippen molar-refractivity contribution in [1.82, 2.24) is 0 Å². The molecule has 2 aromatic rings. The molecule has 1 N–H and O–H groups in total. The lowest BCUT2D eigenvalue weighted by molar-refractivity contribution is -0.122. The Morgan fingerprint density at radius 1 is 1.08 bits per heavy atom. The van der Waals surface area contributed by atoms with Crippen molar-refractivity contribution in [3.05, 3.63) is 59.2 Å². The second-order valence-corrected chi connectivity index (χ2v) is 6.51. The van der Waals surface area contributed by atoms with Crippen LogP contribution in [-0.2, 0) is 17.6 Å². The van der Waals surface area contributed by atoms with Gasteiger partial charge in [0.25, 0.3) is 5.91 Å². The smallest absolute Gasteiger partial charge is 0.265 e. The first-order valence-electron chi connectivity index (χ1n) is 8.81. The van der Waals surface area contributed by atoms with E-state index in [-0.39, 0.29) is 5.91 Å². The van der Waals surface area contributed by atoms with Gasteiger partial charge in [0.2, 0.25) is 0 Å². The molecule has 3 heteroatoms. The molecule has 0 aliphatic heterocycles. The Kier molecular flexibility index (Phi) is 5.19. The molecule has 1 atom stereocenters. The van der Waals surface area contributed by atoms with E-state index >= 15 is 0 Å². The van der Waals surface area contributed by atoms with Gasteiger partial charge in [-0.15, -0.1) is 0 Å². The average molecular weight is 323 g/mol. The van der Waals surface area contributed by atoms with E-state index in [1.54, 1.807) is 0 Å². The van der Waals surface area contributed by atoms with Gasteiger partial charge >= 0.3 is 0 Å². The highest BCUT2D eigenvalue weighted by Gasteiger charge is 2.19. The van der Waals surface area contributed by atoms with Gasteiger partial charge in [0.15, 0.2) is 6.10 Å². The number of amides is 1. The van der Waals surface area contributed by atoms with Gasteiger partial charge in [-0.1, -0.05) is 30.7 Å². The number of ether oxygens (including phenoxy) is 1. The van der Waals surface area contributed by atoms with Crippen molar-refractivity contribution in [3.63, 3.8) is 0 Å². The highest BCUT2D eigenvalue weighted by molar-refractivity contribution is 5.94. The number of fused-ring (bicyclic) bond motifs is 1. The molecule has 1 amide bonds. The Balaban J connectivity index is 1.67. The molecule has 0 fully saturated rings. The van der Waals surface area contributed by atoms with Gasteiger partial charge in [0, 0.05) is 5.69 Å². The van der Waals surface area contributed by atoms with Gasteiger partial charge in [0.05, 0.1) is 0 Å². The molecule has 0 aromatic heterocycles. The lowest BCUT2D eigenvalue weighted by atomic mass is 9.92. The molecule has 0 radical (unpaired) electrons. The lowest BCUT2D eigenvalue weighted by Gasteiger charge is -2.20. The van der Waals surface area contributed by atoms with Crippen LogP contribution in [0.3, 0.4) is 0 Å². The van der Waals surface area contributed by atoms with Crippen LogP contribution in [0.2, 0.25) is 0 Å². The van der Waals surface area contributed by atoms with Crippen molar-refractivity contribution in [2.24, 2.45) is 0 Å². The van der Waals surface area contributed by atoms with Crippen molar-refractivity contribution >= 4 is 11.6 Å². The predicted molar refractivity (Wildman–Crippen MR) is 97.6 cm³/mol. The van der Waals surface area contributed by atoms with Crippen molar-refractivity contribution in [2.45, 2.75) is 52.1 Å². The molecule has 126 valence electrons. The maximum Gasteiger partial charge on any atom is 0.265 e. The van der Waals surface area contributed by atoms with Crippen LogP contribution in [0.25, 0.3) is 0 Å². The average Bonchev–Trinajstić information content (AvgIpc) is 2.61. The molecule has 0 saturated heterocycles. The first-order valence-corrected chi connectivity index (χ1v) is 8.81. The minimum atomic E-state index is -0.479. The number of carbonyl (C=O) groups is 1. The summed E-state index contributed by atoms with van der Waals surface area (Å²) in [5.41, 5.74) is 4.77. The van der Waals surface area contributed by atoms with Crippen molar-refractivity contribution in [1.29, 1.82) is 0 Å². The Morgan fingerprint density at radius 2 is 1.79 bits per heavy atom. The molecule has 2 aromatic carbocycles. The molecule has 0 unspecified atom stereocenters. The van der Waals surface area contributed by atoms with E-state index in [1.165, 1.54) is 29.5 Å². The zero-order valence-electron chi connectivity index (χ0n) is 14.5. The Labute approximate surface area is 144 Å². The zero-order chi connectivity index (χ0) is 16.9. The standard InChI is InChI=1S/C21H25NO2/c1-3-20(21(23)22-18-11-8-15(2)9-12-18)24-19-13-10-16-6-4-5-7-17(16)14-19/h8-14,20H,3-7H2,1-2H3,(H,22,23)/t20-/m0/s1. The van der Waals surface area contributed by atoms with E-state index in [0.29, 0.717) is 6.42 Å². The second-order valence-electron chi connectivity index (χ2n) is 6.51. The summed E-state index contributed by atoms with van der Waals surface area (Å²) in [5.74, 6) is 0.695. The van der Waals surface area contributed by atoms with E-state index < -0.39 is 6.10 Å². The maximum absolute atomic E-state index is 12.5. The van der Waals surface area contributed by atoms with Crippen LogP contribution in [0.15, 0.2) is 42.5 Å². The highest BCUT2D eigenvalue weighted by Crippen LogP contribution is 2.26. The van der Waals surface area contributed by atoms with Gasteiger partial charge in [-0.2, -0.15) is 0 Å². The quantitative estimate of drug-likeness (QED) is 0.868. The van der Waals surface area contributed by atoms with Crippen LogP contribution in [0.1, 0.15) is 42.9 Å². The normalized spacial score (nSPS) is 14.6. The monoisotopic (exact) mass is 323 g/mol. The van der Waals surface area contributed by atoms with E-state index in [1.807, 2.05) is 44.2 Å². The van der Waals surface area contributed by atoms with Gasteiger partial charge in [-0.05, 0) is 74.4 Å². The number of carbonyl (C=O) groups excluding carboxylic acids is 1. The van der Waals surface area contributed by atoms with E-state index in [0.717, 1.165) is 24.3 Å². The summed E-state index contributed by atoms with van der Waals surface area (Å²) in [5, 5.41) is 2.94. The molecule has 1 aliphatic carbocycles. The molecular weight excluding hydrogens is 298 g/mol. The summed E-state index contributed by atoms with van der Waals surface area (Å²) in [4.78, 5) is 12.5. The topological polar surface area (TPSA) is 38.3 Å². The van der Waals surface area contributed by atoms with Gasteiger partial charge in [-0.3, -0.25) is 4.79 Å². The SMILES string of the molecule is CC[C@H](Oc1ccc2c(c1)CCCC2)C(=O)Nc1ccc(C)cc1. The number of aryl methyl sites for hydroxylation is 3. The molecule has 3 nitrogen and oxygen atoms in total. The zero-order valence-corrected chi connectivity index (χ0v) is 14.5. The number of hydrogen-bond donors (Lipinski definition) is 1. The summed E-state index contributed by atoms with van der Waals surface area (Å²) < 4.78 is 5.98.